The van der Waals surface area contributed by atoms with Gasteiger partial charge in [0, 0.05) is 38.2 Å². The SMILES string of the molecule is CN=C(NCCc1ccc(NC(C)=O)cc1)NCC1(c2ccccc2F)CC1. The van der Waals surface area contributed by atoms with Gasteiger partial charge in [-0.3, -0.25) is 9.79 Å². The quantitative estimate of drug-likeness (QED) is 0.509. The lowest BCUT2D eigenvalue weighted by atomic mass is 9.95. The summed E-state index contributed by atoms with van der Waals surface area (Å²) in [6.45, 7) is 2.89. The van der Waals surface area contributed by atoms with Crippen LogP contribution in [0.25, 0.3) is 0 Å². The Morgan fingerprint density at radius 1 is 1.11 bits per heavy atom. The minimum atomic E-state index is -0.132. The first-order valence-electron chi connectivity index (χ1n) is 9.58. The highest BCUT2D eigenvalue weighted by Crippen LogP contribution is 2.48. The fraction of sp³-hybridized carbons (Fsp3) is 0.364. The maximum atomic E-state index is 14.1. The maximum Gasteiger partial charge on any atom is 0.221 e. The zero-order valence-corrected chi connectivity index (χ0v) is 16.4. The third kappa shape index (κ3) is 5.09. The number of nitrogens with zero attached hydrogens (tertiary/aromatic N) is 1. The van der Waals surface area contributed by atoms with Crippen molar-refractivity contribution in [2.45, 2.75) is 31.6 Å². The molecule has 0 spiro atoms. The van der Waals surface area contributed by atoms with Gasteiger partial charge in [0.25, 0.3) is 0 Å². The molecular weight excluding hydrogens is 355 g/mol. The first-order chi connectivity index (χ1) is 13.5. The number of benzene rings is 2. The van der Waals surface area contributed by atoms with Gasteiger partial charge in [0.05, 0.1) is 0 Å². The van der Waals surface area contributed by atoms with Crippen molar-refractivity contribution >= 4 is 17.6 Å². The summed E-state index contributed by atoms with van der Waals surface area (Å²) in [4.78, 5) is 15.3. The molecule has 1 amide bonds. The van der Waals surface area contributed by atoms with Gasteiger partial charge in [-0.1, -0.05) is 30.3 Å². The third-order valence-corrected chi connectivity index (χ3v) is 5.10. The van der Waals surface area contributed by atoms with Gasteiger partial charge in [-0.2, -0.15) is 0 Å². The second kappa shape index (κ2) is 8.87. The van der Waals surface area contributed by atoms with Crippen LogP contribution in [0.15, 0.2) is 53.5 Å². The molecule has 2 aromatic carbocycles. The molecule has 5 nitrogen and oxygen atoms in total. The lowest BCUT2D eigenvalue weighted by Gasteiger charge is -2.19. The van der Waals surface area contributed by atoms with Crippen molar-refractivity contribution in [3.05, 3.63) is 65.5 Å². The van der Waals surface area contributed by atoms with Crippen LogP contribution in [0.4, 0.5) is 10.1 Å². The molecule has 0 aromatic heterocycles. The Bertz CT molecular complexity index is 844. The van der Waals surface area contributed by atoms with E-state index in [4.69, 9.17) is 0 Å². The Labute approximate surface area is 165 Å². The maximum absolute atomic E-state index is 14.1. The van der Waals surface area contributed by atoms with Gasteiger partial charge in [-0.15, -0.1) is 0 Å². The minimum absolute atomic E-state index is 0.0758. The number of carbonyl (C=O) groups is 1. The molecule has 3 N–H and O–H groups in total. The second-order valence-corrected chi connectivity index (χ2v) is 7.24. The highest BCUT2D eigenvalue weighted by Gasteiger charge is 2.45. The van der Waals surface area contributed by atoms with Gasteiger partial charge in [0.15, 0.2) is 5.96 Å². The van der Waals surface area contributed by atoms with E-state index in [2.05, 4.69) is 20.9 Å². The molecule has 2 aromatic rings. The highest BCUT2D eigenvalue weighted by molar-refractivity contribution is 5.88. The third-order valence-electron chi connectivity index (χ3n) is 5.10. The monoisotopic (exact) mass is 382 g/mol. The number of hydrogen-bond donors (Lipinski definition) is 3. The molecule has 0 bridgehead atoms. The first kappa shape index (κ1) is 19.9. The zero-order chi connectivity index (χ0) is 20.0. The van der Waals surface area contributed by atoms with Crippen LogP contribution in [0.2, 0.25) is 0 Å². The molecule has 28 heavy (non-hydrogen) atoms. The van der Waals surface area contributed by atoms with E-state index in [9.17, 15) is 9.18 Å². The molecule has 6 heteroatoms. The number of amides is 1. The number of halogens is 1. The number of aliphatic imine (C=N–C) groups is 1. The molecule has 1 aliphatic rings. The van der Waals surface area contributed by atoms with E-state index in [1.54, 1.807) is 13.1 Å². The van der Waals surface area contributed by atoms with Crippen LogP contribution < -0.4 is 16.0 Å². The Balaban J connectivity index is 1.46. The van der Waals surface area contributed by atoms with Crippen molar-refractivity contribution in [2.24, 2.45) is 4.99 Å². The van der Waals surface area contributed by atoms with Crippen LogP contribution in [-0.2, 0) is 16.6 Å². The Kier molecular flexibility index (Phi) is 6.29. The Morgan fingerprint density at radius 3 is 2.43 bits per heavy atom. The van der Waals surface area contributed by atoms with Crippen LogP contribution in [0, 0.1) is 5.82 Å². The lowest BCUT2D eigenvalue weighted by Crippen LogP contribution is -2.42. The largest absolute Gasteiger partial charge is 0.356 e. The van der Waals surface area contributed by atoms with E-state index >= 15 is 0 Å². The highest BCUT2D eigenvalue weighted by atomic mass is 19.1. The van der Waals surface area contributed by atoms with Crippen molar-refractivity contribution in [1.82, 2.24) is 10.6 Å². The summed E-state index contributed by atoms with van der Waals surface area (Å²) < 4.78 is 14.1. The van der Waals surface area contributed by atoms with E-state index in [0.29, 0.717) is 6.54 Å². The first-order valence-corrected chi connectivity index (χ1v) is 9.58. The van der Waals surface area contributed by atoms with E-state index in [-0.39, 0.29) is 17.1 Å². The molecule has 0 saturated heterocycles. The molecule has 1 saturated carbocycles. The van der Waals surface area contributed by atoms with Gasteiger partial charge >= 0.3 is 0 Å². The lowest BCUT2D eigenvalue weighted by molar-refractivity contribution is -0.114. The second-order valence-electron chi connectivity index (χ2n) is 7.24. The normalized spacial score (nSPS) is 15.0. The van der Waals surface area contributed by atoms with Gasteiger partial charge in [0.1, 0.15) is 5.82 Å². The molecule has 3 rings (SSSR count). The fourth-order valence-electron chi connectivity index (χ4n) is 3.34. The number of guanidine groups is 1. The van der Waals surface area contributed by atoms with Crippen molar-refractivity contribution < 1.29 is 9.18 Å². The smallest absolute Gasteiger partial charge is 0.221 e. The summed E-state index contributed by atoms with van der Waals surface area (Å²) in [5.74, 6) is 0.512. The van der Waals surface area contributed by atoms with Crippen molar-refractivity contribution in [2.75, 3.05) is 25.5 Å². The van der Waals surface area contributed by atoms with Crippen LogP contribution in [0.5, 0.6) is 0 Å². The predicted molar refractivity (Wildman–Crippen MR) is 111 cm³/mol. The average Bonchev–Trinajstić information content (AvgIpc) is 3.46. The standard InChI is InChI=1S/C22H27FN4O/c1-16(28)27-18-9-7-17(8-10-18)11-14-25-21(24-2)26-15-22(12-13-22)19-5-3-4-6-20(19)23/h3-10H,11-15H2,1-2H3,(H,27,28)(H2,24,25,26). The van der Waals surface area contributed by atoms with Gasteiger partial charge in [-0.25, -0.2) is 4.39 Å². The van der Waals surface area contributed by atoms with Crippen LogP contribution in [-0.4, -0.2) is 32.0 Å². The molecule has 0 unspecified atom stereocenters. The summed E-state index contributed by atoms with van der Waals surface area (Å²) in [6.07, 6.45) is 2.80. The number of nitrogens with one attached hydrogen (secondary N) is 3. The topological polar surface area (TPSA) is 65.5 Å². The zero-order valence-electron chi connectivity index (χ0n) is 16.4. The molecule has 0 radical (unpaired) electrons. The van der Waals surface area contributed by atoms with Gasteiger partial charge < -0.3 is 16.0 Å². The molecule has 1 fully saturated rings. The number of carbonyl (C=O) groups excluding carboxylic acids is 1. The van der Waals surface area contributed by atoms with Crippen LogP contribution in [0.3, 0.4) is 0 Å². The summed E-state index contributed by atoms with van der Waals surface area (Å²) >= 11 is 0. The number of hydrogen-bond acceptors (Lipinski definition) is 2. The van der Waals surface area contributed by atoms with Crippen LogP contribution in [0.1, 0.15) is 30.9 Å². The van der Waals surface area contributed by atoms with E-state index in [0.717, 1.165) is 43.0 Å². The molecule has 0 heterocycles. The summed E-state index contributed by atoms with van der Waals surface area (Å²) in [7, 11) is 1.74. The minimum Gasteiger partial charge on any atom is -0.356 e. The Hall–Kier alpha value is -2.89. The van der Waals surface area contributed by atoms with E-state index in [1.165, 1.54) is 18.6 Å². The van der Waals surface area contributed by atoms with E-state index < -0.39 is 0 Å². The molecular formula is C22H27FN4O. The van der Waals surface area contributed by atoms with E-state index in [1.807, 2.05) is 36.4 Å². The molecule has 148 valence electrons. The van der Waals surface area contributed by atoms with Crippen molar-refractivity contribution in [3.63, 3.8) is 0 Å². The van der Waals surface area contributed by atoms with Crippen molar-refractivity contribution in [3.8, 4) is 0 Å². The van der Waals surface area contributed by atoms with Crippen molar-refractivity contribution in [1.29, 1.82) is 0 Å². The summed E-state index contributed by atoms with van der Waals surface area (Å²) in [5.41, 5.74) is 2.63. The van der Waals surface area contributed by atoms with Crippen LogP contribution >= 0.6 is 0 Å². The fourth-order valence-corrected chi connectivity index (χ4v) is 3.34. The Morgan fingerprint density at radius 2 is 1.82 bits per heavy atom. The molecule has 1 aliphatic carbocycles. The van der Waals surface area contributed by atoms with Gasteiger partial charge in [-0.05, 0) is 48.6 Å². The molecule has 0 aliphatic heterocycles. The summed E-state index contributed by atoms with van der Waals surface area (Å²) in [6, 6.07) is 14.8. The summed E-state index contributed by atoms with van der Waals surface area (Å²) in [5, 5.41) is 9.41. The van der Waals surface area contributed by atoms with Gasteiger partial charge in [0.2, 0.25) is 5.91 Å². The number of anilines is 1. The predicted octanol–water partition coefficient (Wildman–Crippen LogP) is 3.22. The molecule has 0 atom stereocenters. The number of rotatable bonds is 7. The average molecular weight is 382 g/mol.